The summed E-state index contributed by atoms with van der Waals surface area (Å²) in [6, 6.07) is 1.64. The number of ether oxygens (including phenoxy) is 1. The number of hydrogen-bond donors (Lipinski definition) is 3. The number of nitrogen functional groups attached to an aromatic ring is 1. The molecular weight excluding hydrogens is 280 g/mol. The molecule has 2 fully saturated rings. The lowest BCUT2D eigenvalue weighted by Gasteiger charge is -2.19. The van der Waals surface area contributed by atoms with Gasteiger partial charge in [-0.05, 0) is 31.2 Å². The third-order valence-electron chi connectivity index (χ3n) is 3.78. The van der Waals surface area contributed by atoms with E-state index >= 15 is 0 Å². The molecule has 7 heteroatoms. The van der Waals surface area contributed by atoms with Gasteiger partial charge in [0.2, 0.25) is 0 Å². The number of nitrogens with zero attached hydrogens (tertiary/aromatic N) is 1. The number of nitrogens with two attached hydrogens (primary N) is 1. The Morgan fingerprint density at radius 2 is 2.25 bits per heavy atom. The molecule has 0 bridgehead atoms. The minimum atomic E-state index is -0.177. The van der Waals surface area contributed by atoms with Gasteiger partial charge in [0.15, 0.2) is 5.82 Å². The van der Waals surface area contributed by atoms with Crippen LogP contribution in [0.15, 0.2) is 12.3 Å². The Morgan fingerprint density at radius 1 is 1.45 bits per heavy atom. The zero-order valence-corrected chi connectivity index (χ0v) is 11.7. The van der Waals surface area contributed by atoms with Gasteiger partial charge in [0, 0.05) is 12.8 Å². The van der Waals surface area contributed by atoms with Gasteiger partial charge >= 0.3 is 0 Å². The van der Waals surface area contributed by atoms with Crippen LogP contribution in [0.1, 0.15) is 29.6 Å². The van der Waals surface area contributed by atoms with E-state index in [0.29, 0.717) is 28.9 Å². The first kappa shape index (κ1) is 13.6. The SMILES string of the molecule is NNc1ncc(C(=O)NC2CCOC2C2CC2)cc1Cl. The number of amides is 1. The van der Waals surface area contributed by atoms with Gasteiger partial charge in [-0.2, -0.15) is 0 Å². The molecule has 2 unspecified atom stereocenters. The van der Waals surface area contributed by atoms with Crippen LogP contribution in [0.25, 0.3) is 0 Å². The highest BCUT2D eigenvalue weighted by atomic mass is 35.5. The molecule has 0 spiro atoms. The zero-order valence-electron chi connectivity index (χ0n) is 10.9. The molecule has 1 aromatic heterocycles. The van der Waals surface area contributed by atoms with Crippen LogP contribution in [0.4, 0.5) is 5.82 Å². The number of anilines is 1. The van der Waals surface area contributed by atoms with E-state index in [4.69, 9.17) is 22.2 Å². The molecule has 0 radical (unpaired) electrons. The summed E-state index contributed by atoms with van der Waals surface area (Å²) in [7, 11) is 0. The molecule has 108 valence electrons. The van der Waals surface area contributed by atoms with E-state index in [1.54, 1.807) is 6.07 Å². The van der Waals surface area contributed by atoms with E-state index in [0.717, 1.165) is 6.42 Å². The predicted molar refractivity (Wildman–Crippen MR) is 75.4 cm³/mol. The molecule has 6 nitrogen and oxygen atoms in total. The molecule has 4 N–H and O–H groups in total. The maximum atomic E-state index is 12.2. The van der Waals surface area contributed by atoms with E-state index in [9.17, 15) is 4.79 Å². The van der Waals surface area contributed by atoms with E-state index in [2.05, 4.69) is 15.7 Å². The highest BCUT2D eigenvalue weighted by molar-refractivity contribution is 6.33. The Bertz CT molecular complexity index is 521. The van der Waals surface area contributed by atoms with Gasteiger partial charge in [-0.15, -0.1) is 0 Å². The molecule has 2 aliphatic rings. The third-order valence-corrected chi connectivity index (χ3v) is 4.07. The van der Waals surface area contributed by atoms with Crippen molar-refractivity contribution < 1.29 is 9.53 Å². The fourth-order valence-electron chi connectivity index (χ4n) is 2.58. The lowest BCUT2D eigenvalue weighted by Crippen LogP contribution is -2.41. The van der Waals surface area contributed by atoms with Crippen LogP contribution in [0.3, 0.4) is 0 Å². The fourth-order valence-corrected chi connectivity index (χ4v) is 2.80. The molecule has 0 aromatic carbocycles. The van der Waals surface area contributed by atoms with Crippen molar-refractivity contribution in [3.63, 3.8) is 0 Å². The number of nitrogens with one attached hydrogen (secondary N) is 2. The van der Waals surface area contributed by atoms with Crippen molar-refractivity contribution in [1.29, 1.82) is 0 Å². The maximum Gasteiger partial charge on any atom is 0.253 e. The van der Waals surface area contributed by atoms with Crippen molar-refractivity contribution in [2.24, 2.45) is 11.8 Å². The Kier molecular flexibility index (Phi) is 3.78. The van der Waals surface area contributed by atoms with Crippen molar-refractivity contribution in [2.45, 2.75) is 31.4 Å². The number of carbonyl (C=O) groups is 1. The Labute approximate surface area is 122 Å². The molecular formula is C13H17ClN4O2. The Balaban J connectivity index is 1.68. The molecule has 1 saturated carbocycles. The van der Waals surface area contributed by atoms with Crippen LogP contribution < -0.4 is 16.6 Å². The molecule has 2 heterocycles. The lowest BCUT2D eigenvalue weighted by molar-refractivity contribution is 0.0729. The molecule has 1 saturated heterocycles. The quantitative estimate of drug-likeness (QED) is 0.576. The molecule has 2 atom stereocenters. The van der Waals surface area contributed by atoms with Gasteiger partial charge in [0.25, 0.3) is 5.91 Å². The topological polar surface area (TPSA) is 89.3 Å². The second-order valence-electron chi connectivity index (χ2n) is 5.24. The minimum absolute atomic E-state index is 0.0843. The second-order valence-corrected chi connectivity index (χ2v) is 5.65. The van der Waals surface area contributed by atoms with Crippen molar-refractivity contribution in [2.75, 3.05) is 12.0 Å². The average Bonchev–Trinajstić information content (AvgIpc) is 3.19. The van der Waals surface area contributed by atoms with E-state index in [1.807, 2.05) is 0 Å². The Morgan fingerprint density at radius 3 is 2.90 bits per heavy atom. The highest BCUT2D eigenvalue weighted by Gasteiger charge is 2.41. The minimum Gasteiger partial charge on any atom is -0.376 e. The third kappa shape index (κ3) is 2.72. The van der Waals surface area contributed by atoms with Crippen LogP contribution in [0, 0.1) is 5.92 Å². The molecule has 1 aromatic rings. The number of halogens is 1. The molecule has 1 amide bonds. The van der Waals surface area contributed by atoms with Crippen LogP contribution in [-0.2, 0) is 4.74 Å². The van der Waals surface area contributed by atoms with Gasteiger partial charge in [-0.1, -0.05) is 11.6 Å². The summed E-state index contributed by atoms with van der Waals surface area (Å²) < 4.78 is 5.70. The summed E-state index contributed by atoms with van der Waals surface area (Å²) in [5.74, 6) is 6.03. The van der Waals surface area contributed by atoms with Gasteiger partial charge < -0.3 is 15.5 Å². The monoisotopic (exact) mass is 296 g/mol. The largest absolute Gasteiger partial charge is 0.376 e. The van der Waals surface area contributed by atoms with Crippen molar-refractivity contribution in [1.82, 2.24) is 10.3 Å². The lowest BCUT2D eigenvalue weighted by atomic mass is 10.1. The van der Waals surface area contributed by atoms with Crippen LogP contribution in [0.5, 0.6) is 0 Å². The number of carbonyl (C=O) groups excluding carboxylic acids is 1. The first-order chi connectivity index (χ1) is 9.69. The molecule has 1 aliphatic carbocycles. The van der Waals surface area contributed by atoms with E-state index in [-0.39, 0.29) is 18.1 Å². The summed E-state index contributed by atoms with van der Waals surface area (Å²) >= 11 is 5.97. The van der Waals surface area contributed by atoms with E-state index < -0.39 is 0 Å². The first-order valence-corrected chi connectivity index (χ1v) is 7.11. The van der Waals surface area contributed by atoms with Gasteiger partial charge in [-0.3, -0.25) is 4.79 Å². The summed E-state index contributed by atoms with van der Waals surface area (Å²) in [5.41, 5.74) is 2.80. The van der Waals surface area contributed by atoms with Crippen LogP contribution in [-0.4, -0.2) is 29.6 Å². The standard InChI is InChI=1S/C13H17ClN4O2/c14-9-5-8(6-16-12(9)18-15)13(19)17-10-3-4-20-11(10)7-1-2-7/h5-7,10-11H,1-4,15H2,(H,16,18)(H,17,19). The first-order valence-electron chi connectivity index (χ1n) is 6.73. The van der Waals surface area contributed by atoms with E-state index in [1.165, 1.54) is 19.0 Å². The molecule has 3 rings (SSSR count). The normalized spacial score (nSPS) is 25.5. The predicted octanol–water partition coefficient (Wildman–Crippen LogP) is 1.32. The summed E-state index contributed by atoms with van der Waals surface area (Å²) in [6.07, 6.45) is 4.87. The maximum absolute atomic E-state index is 12.2. The highest BCUT2D eigenvalue weighted by Crippen LogP contribution is 2.38. The molecule has 20 heavy (non-hydrogen) atoms. The zero-order chi connectivity index (χ0) is 14.1. The average molecular weight is 297 g/mol. The Hall–Kier alpha value is -1.37. The van der Waals surface area contributed by atoms with Crippen molar-refractivity contribution in [3.05, 3.63) is 22.8 Å². The van der Waals surface area contributed by atoms with Crippen molar-refractivity contribution in [3.8, 4) is 0 Å². The van der Waals surface area contributed by atoms with Crippen LogP contribution in [0.2, 0.25) is 5.02 Å². The second kappa shape index (κ2) is 5.55. The fraction of sp³-hybridized carbons (Fsp3) is 0.538. The summed E-state index contributed by atoms with van der Waals surface area (Å²) in [4.78, 5) is 16.2. The molecule has 1 aliphatic heterocycles. The number of rotatable bonds is 4. The van der Waals surface area contributed by atoms with Crippen molar-refractivity contribution >= 4 is 23.3 Å². The van der Waals surface area contributed by atoms with Gasteiger partial charge in [-0.25, -0.2) is 10.8 Å². The summed E-state index contributed by atoms with van der Waals surface area (Å²) in [6.45, 7) is 0.709. The summed E-state index contributed by atoms with van der Waals surface area (Å²) in [5, 5.41) is 3.34. The van der Waals surface area contributed by atoms with Gasteiger partial charge in [0.05, 0.1) is 22.7 Å². The number of aromatic nitrogens is 1. The number of hydrogen-bond acceptors (Lipinski definition) is 5. The smallest absolute Gasteiger partial charge is 0.253 e. The van der Waals surface area contributed by atoms with Crippen LogP contribution >= 0.6 is 11.6 Å². The number of pyridine rings is 1. The number of hydrazine groups is 1. The van der Waals surface area contributed by atoms with Gasteiger partial charge in [0.1, 0.15) is 0 Å².